The molecular weight excluding hydrogens is 348 g/mol. The van der Waals surface area contributed by atoms with Crippen LogP contribution in [-0.2, 0) is 10.0 Å². The molecule has 1 aromatic carbocycles. The molecule has 1 saturated heterocycles. The number of hydrogen-bond donors (Lipinski definition) is 0. The predicted octanol–water partition coefficient (Wildman–Crippen LogP) is 2.21. The fourth-order valence-corrected chi connectivity index (χ4v) is 5.04. The van der Waals surface area contributed by atoms with Gasteiger partial charge in [0.1, 0.15) is 16.3 Å². The Morgan fingerprint density at radius 3 is 2.80 bits per heavy atom. The molecule has 25 heavy (non-hydrogen) atoms. The van der Waals surface area contributed by atoms with Crippen LogP contribution in [0.3, 0.4) is 0 Å². The van der Waals surface area contributed by atoms with E-state index in [1.54, 1.807) is 32.0 Å². The van der Waals surface area contributed by atoms with Crippen LogP contribution >= 0.6 is 0 Å². The molecule has 0 unspecified atom stereocenters. The van der Waals surface area contributed by atoms with Crippen molar-refractivity contribution in [3.05, 3.63) is 29.7 Å². The fraction of sp³-hybridized carbons (Fsp3) is 0.438. The SMILES string of the molecule is Cc1noc(C)c1S(=O)(=O)N1CCC[C@@H]1Oc1ccc2c(c1)OCO2. The van der Waals surface area contributed by atoms with Crippen LogP contribution in [0.4, 0.5) is 0 Å². The van der Waals surface area contributed by atoms with Crippen molar-refractivity contribution in [3.8, 4) is 17.2 Å². The second-order valence-electron chi connectivity index (χ2n) is 6.00. The van der Waals surface area contributed by atoms with Gasteiger partial charge in [0.2, 0.25) is 6.79 Å². The Kier molecular flexibility index (Phi) is 3.84. The number of hydrogen-bond acceptors (Lipinski definition) is 7. The maximum Gasteiger partial charge on any atom is 0.251 e. The quantitative estimate of drug-likeness (QED) is 0.819. The highest BCUT2D eigenvalue weighted by atomic mass is 32.2. The molecule has 0 spiro atoms. The number of aryl methyl sites for hydroxylation is 2. The molecule has 0 amide bonds. The lowest BCUT2D eigenvalue weighted by atomic mass is 10.3. The van der Waals surface area contributed by atoms with Gasteiger partial charge in [-0.25, -0.2) is 8.42 Å². The van der Waals surface area contributed by atoms with Crippen LogP contribution in [0.15, 0.2) is 27.6 Å². The lowest BCUT2D eigenvalue weighted by Gasteiger charge is -2.24. The molecule has 2 aromatic rings. The van der Waals surface area contributed by atoms with E-state index in [1.807, 2.05) is 0 Å². The zero-order valence-corrected chi connectivity index (χ0v) is 14.7. The van der Waals surface area contributed by atoms with Gasteiger partial charge in [-0.05, 0) is 32.4 Å². The highest BCUT2D eigenvalue weighted by Gasteiger charge is 2.40. The fourth-order valence-electron chi connectivity index (χ4n) is 3.17. The Labute approximate surface area is 145 Å². The van der Waals surface area contributed by atoms with Gasteiger partial charge in [0.05, 0.1) is 0 Å². The third-order valence-electron chi connectivity index (χ3n) is 4.30. The van der Waals surface area contributed by atoms with Crippen molar-refractivity contribution in [1.82, 2.24) is 9.46 Å². The Morgan fingerprint density at radius 1 is 1.24 bits per heavy atom. The number of nitrogens with zero attached hydrogens (tertiary/aromatic N) is 2. The summed E-state index contributed by atoms with van der Waals surface area (Å²) in [5.74, 6) is 2.07. The number of ether oxygens (including phenoxy) is 3. The van der Waals surface area contributed by atoms with Crippen LogP contribution in [-0.4, -0.2) is 37.4 Å². The maximum atomic E-state index is 13.0. The summed E-state index contributed by atoms with van der Waals surface area (Å²) in [6.45, 7) is 3.78. The number of benzene rings is 1. The van der Waals surface area contributed by atoms with Crippen molar-refractivity contribution in [2.45, 2.75) is 37.8 Å². The molecule has 1 atom stereocenters. The minimum absolute atomic E-state index is 0.119. The van der Waals surface area contributed by atoms with Crippen molar-refractivity contribution in [1.29, 1.82) is 0 Å². The van der Waals surface area contributed by atoms with Crippen molar-refractivity contribution in [2.24, 2.45) is 0 Å². The van der Waals surface area contributed by atoms with E-state index in [9.17, 15) is 8.42 Å². The second-order valence-corrected chi connectivity index (χ2v) is 7.83. The van der Waals surface area contributed by atoms with Gasteiger partial charge < -0.3 is 18.7 Å². The zero-order valence-electron chi connectivity index (χ0n) is 13.9. The summed E-state index contributed by atoms with van der Waals surface area (Å²) in [5, 5.41) is 3.75. The van der Waals surface area contributed by atoms with Crippen molar-refractivity contribution in [3.63, 3.8) is 0 Å². The smallest absolute Gasteiger partial charge is 0.251 e. The number of fused-ring (bicyclic) bond motifs is 1. The van der Waals surface area contributed by atoms with Crippen LogP contribution in [0.5, 0.6) is 17.2 Å². The van der Waals surface area contributed by atoms with Gasteiger partial charge in [-0.3, -0.25) is 0 Å². The van der Waals surface area contributed by atoms with Crippen LogP contribution < -0.4 is 14.2 Å². The highest BCUT2D eigenvalue weighted by molar-refractivity contribution is 7.89. The van der Waals surface area contributed by atoms with Gasteiger partial charge in [-0.15, -0.1) is 0 Å². The number of aromatic nitrogens is 1. The first-order valence-electron chi connectivity index (χ1n) is 7.98. The minimum atomic E-state index is -3.74. The van der Waals surface area contributed by atoms with Gasteiger partial charge in [-0.1, -0.05) is 5.16 Å². The summed E-state index contributed by atoms with van der Waals surface area (Å²) >= 11 is 0. The summed E-state index contributed by atoms with van der Waals surface area (Å²) in [6, 6.07) is 5.20. The predicted molar refractivity (Wildman–Crippen MR) is 86.1 cm³/mol. The van der Waals surface area contributed by atoms with E-state index >= 15 is 0 Å². The molecule has 134 valence electrons. The van der Waals surface area contributed by atoms with Gasteiger partial charge in [-0.2, -0.15) is 4.31 Å². The summed E-state index contributed by atoms with van der Waals surface area (Å²) < 4.78 is 49.0. The molecule has 0 saturated carbocycles. The molecule has 0 radical (unpaired) electrons. The molecule has 8 nitrogen and oxygen atoms in total. The summed E-state index contributed by atoms with van der Waals surface area (Å²) in [7, 11) is -3.74. The van der Waals surface area contributed by atoms with E-state index in [4.69, 9.17) is 18.7 Å². The normalized spacial score (nSPS) is 20.2. The first-order valence-corrected chi connectivity index (χ1v) is 9.42. The zero-order chi connectivity index (χ0) is 17.6. The molecule has 2 aliphatic rings. The molecular formula is C16H18N2O6S. The van der Waals surface area contributed by atoms with Gasteiger partial charge in [0, 0.05) is 19.0 Å². The van der Waals surface area contributed by atoms with Crippen molar-refractivity contribution < 1.29 is 27.2 Å². The van der Waals surface area contributed by atoms with Gasteiger partial charge in [0.25, 0.3) is 10.0 Å². The highest BCUT2D eigenvalue weighted by Crippen LogP contribution is 2.37. The number of rotatable bonds is 4. The molecule has 9 heteroatoms. The largest absolute Gasteiger partial charge is 0.474 e. The molecule has 0 bridgehead atoms. The van der Waals surface area contributed by atoms with E-state index in [1.165, 1.54) is 4.31 Å². The van der Waals surface area contributed by atoms with Crippen LogP contribution in [0.2, 0.25) is 0 Å². The summed E-state index contributed by atoms with van der Waals surface area (Å²) in [4.78, 5) is 0.119. The minimum Gasteiger partial charge on any atom is -0.474 e. The topological polar surface area (TPSA) is 91.1 Å². The standard InChI is InChI=1S/C16H18N2O6S/c1-10-16(11(2)24-17-10)25(19,20)18-7-3-4-15(18)23-12-5-6-13-14(8-12)22-9-21-13/h5-6,8,15H,3-4,7,9H2,1-2H3/t15-/m0/s1. The Balaban J connectivity index is 1.60. The lowest BCUT2D eigenvalue weighted by molar-refractivity contribution is 0.120. The van der Waals surface area contributed by atoms with Crippen LogP contribution in [0, 0.1) is 13.8 Å². The third-order valence-corrected chi connectivity index (χ3v) is 6.44. The average molecular weight is 366 g/mol. The first kappa shape index (κ1) is 16.2. The summed E-state index contributed by atoms with van der Waals surface area (Å²) in [6.07, 6.45) is 0.744. The molecule has 2 aliphatic heterocycles. The Morgan fingerprint density at radius 2 is 2.04 bits per heavy atom. The van der Waals surface area contributed by atoms with Crippen molar-refractivity contribution in [2.75, 3.05) is 13.3 Å². The Hall–Kier alpha value is -2.26. The van der Waals surface area contributed by atoms with Crippen LogP contribution in [0.25, 0.3) is 0 Å². The molecule has 1 fully saturated rings. The van der Waals surface area contributed by atoms with Gasteiger partial charge in [0.15, 0.2) is 23.5 Å². The molecule has 3 heterocycles. The van der Waals surface area contributed by atoms with E-state index in [-0.39, 0.29) is 17.4 Å². The lowest BCUT2D eigenvalue weighted by Crippen LogP contribution is -2.39. The van der Waals surface area contributed by atoms with Gasteiger partial charge >= 0.3 is 0 Å². The Bertz CT molecular complexity index is 888. The van der Waals surface area contributed by atoms with Crippen molar-refractivity contribution >= 4 is 10.0 Å². The molecule has 0 aliphatic carbocycles. The van der Waals surface area contributed by atoms with E-state index < -0.39 is 16.3 Å². The van der Waals surface area contributed by atoms with E-state index in [0.717, 1.165) is 6.42 Å². The average Bonchev–Trinajstić information content (AvgIpc) is 3.27. The monoisotopic (exact) mass is 366 g/mol. The van der Waals surface area contributed by atoms with E-state index in [0.29, 0.717) is 35.9 Å². The molecule has 0 N–H and O–H groups in total. The first-order chi connectivity index (χ1) is 12.0. The number of sulfonamides is 1. The van der Waals surface area contributed by atoms with E-state index in [2.05, 4.69) is 5.16 Å². The second kappa shape index (κ2) is 5.92. The van der Waals surface area contributed by atoms with Crippen LogP contribution in [0.1, 0.15) is 24.3 Å². The maximum absolute atomic E-state index is 13.0. The third kappa shape index (κ3) is 2.73. The summed E-state index contributed by atoms with van der Waals surface area (Å²) in [5.41, 5.74) is 0.353. The molecule has 1 aromatic heterocycles. The molecule has 4 rings (SSSR count).